The fourth-order valence-electron chi connectivity index (χ4n) is 5.12. The zero-order valence-corrected chi connectivity index (χ0v) is 28.4. The number of nitrogens with one attached hydrogen (secondary N) is 3. The summed E-state index contributed by atoms with van der Waals surface area (Å²) in [5, 5.41) is 20.3. The van der Waals surface area contributed by atoms with E-state index < -0.39 is 42.0 Å². The van der Waals surface area contributed by atoms with E-state index >= 15 is 0 Å². The number of carbonyl (C=O) groups is 4. The summed E-state index contributed by atoms with van der Waals surface area (Å²) in [4.78, 5) is 51.7. The van der Waals surface area contributed by atoms with Gasteiger partial charge in [0.05, 0.1) is 42.2 Å². The smallest absolute Gasteiger partial charge is 0.475 e. The number of ether oxygens (including phenoxy) is 2. The molecule has 5 rings (SSSR count). The van der Waals surface area contributed by atoms with Crippen LogP contribution in [0.25, 0.3) is 16.8 Å². The number of rotatable bonds is 6. The van der Waals surface area contributed by atoms with Gasteiger partial charge in [0.25, 0.3) is 5.91 Å². The number of fused-ring (bicyclic) bond motifs is 4. The maximum absolute atomic E-state index is 14.6. The van der Waals surface area contributed by atoms with Crippen LogP contribution in [0.15, 0.2) is 67.1 Å². The first-order valence-corrected chi connectivity index (χ1v) is 16.1. The Morgan fingerprint density at radius 2 is 1.83 bits per heavy atom. The highest BCUT2D eigenvalue weighted by molar-refractivity contribution is 6.30. The molecule has 2 aromatic carbocycles. The minimum Gasteiger partial charge on any atom is -0.475 e. The Hall–Kier alpha value is -5.71. The first-order chi connectivity index (χ1) is 24.7. The third kappa shape index (κ3) is 10.2. The molecular weight excluding hydrogens is 716 g/mol. The molecule has 276 valence electrons. The fourth-order valence-corrected chi connectivity index (χ4v) is 5.29. The van der Waals surface area contributed by atoms with E-state index in [0.717, 1.165) is 11.1 Å². The lowest BCUT2D eigenvalue weighted by Crippen LogP contribution is -2.32. The third-order valence-electron chi connectivity index (χ3n) is 7.61. The standard InChI is InChI=1S/C32H32ClFN6O5.C2HF3O2/c1-3-45-31(42)25-9-5-4-8-24(39-30(41)20-17-36-40(18-20)28-10-6-7-23(33)29(28)34)27-15-19(13-14-35-27)22-12-11-21(16-26(22)38-25)37-32(43)44-2;3-2(4,5)1(6)7/h6-7,10-18,24-25,38H,3-5,8-9H2,1-2H3,(H,37,43)(H,39,41);(H,6,7)/t24-,25+;/m0./s1. The molecule has 0 aliphatic carbocycles. The first-order valence-electron chi connectivity index (χ1n) is 15.7. The van der Waals surface area contributed by atoms with Crippen molar-refractivity contribution in [2.24, 2.45) is 0 Å². The Balaban J connectivity index is 0.000000785. The van der Waals surface area contributed by atoms with Gasteiger partial charge in [0.1, 0.15) is 11.7 Å². The van der Waals surface area contributed by atoms with Crippen molar-refractivity contribution in [3.8, 4) is 16.8 Å². The monoisotopic (exact) mass is 748 g/mol. The van der Waals surface area contributed by atoms with Crippen LogP contribution in [-0.4, -0.2) is 69.7 Å². The molecule has 3 heterocycles. The van der Waals surface area contributed by atoms with Gasteiger partial charge < -0.3 is 25.2 Å². The second-order valence-electron chi connectivity index (χ2n) is 11.2. The number of hydrogen-bond donors (Lipinski definition) is 4. The van der Waals surface area contributed by atoms with Crippen molar-refractivity contribution in [1.29, 1.82) is 0 Å². The molecule has 0 fully saturated rings. The topological polar surface area (TPSA) is 174 Å². The van der Waals surface area contributed by atoms with Crippen molar-refractivity contribution in [2.45, 2.75) is 50.9 Å². The molecule has 18 heteroatoms. The number of aliphatic carboxylic acids is 1. The molecule has 2 amide bonds. The van der Waals surface area contributed by atoms with E-state index in [-0.39, 0.29) is 28.8 Å². The van der Waals surface area contributed by atoms with Crippen molar-refractivity contribution >= 4 is 46.9 Å². The molecular formula is C34H33ClF4N6O7. The second kappa shape index (κ2) is 17.5. The molecule has 1 aliphatic heterocycles. The Labute approximate surface area is 299 Å². The fraction of sp³-hybridized carbons (Fsp3) is 0.294. The molecule has 4 N–H and O–H groups in total. The van der Waals surface area contributed by atoms with Crippen LogP contribution in [0.4, 0.5) is 33.7 Å². The number of carboxylic acids is 1. The van der Waals surface area contributed by atoms with Crippen molar-refractivity contribution < 1.29 is 51.3 Å². The van der Waals surface area contributed by atoms with E-state index in [1.54, 1.807) is 31.3 Å². The normalized spacial score (nSPS) is 15.5. The lowest BCUT2D eigenvalue weighted by Gasteiger charge is -2.24. The number of carboxylic acid groups (broad SMARTS) is 1. The third-order valence-corrected chi connectivity index (χ3v) is 7.90. The van der Waals surface area contributed by atoms with Crippen molar-refractivity contribution in [2.75, 3.05) is 24.4 Å². The highest BCUT2D eigenvalue weighted by Crippen LogP contribution is 2.34. The van der Waals surface area contributed by atoms with Gasteiger partial charge in [0, 0.05) is 29.3 Å². The summed E-state index contributed by atoms with van der Waals surface area (Å²) < 4.78 is 57.6. The van der Waals surface area contributed by atoms with E-state index in [4.69, 9.17) is 31.0 Å². The highest BCUT2D eigenvalue weighted by Gasteiger charge is 2.38. The molecule has 2 aromatic heterocycles. The van der Waals surface area contributed by atoms with Crippen LogP contribution in [0, 0.1) is 5.82 Å². The van der Waals surface area contributed by atoms with Crippen LogP contribution >= 0.6 is 11.6 Å². The summed E-state index contributed by atoms with van der Waals surface area (Å²) in [6.45, 7) is 1.98. The van der Waals surface area contributed by atoms with E-state index in [0.29, 0.717) is 42.8 Å². The number of anilines is 2. The van der Waals surface area contributed by atoms with Gasteiger partial charge in [-0.05, 0) is 61.7 Å². The number of amides is 2. The number of carbonyl (C=O) groups excluding carboxylic acids is 3. The van der Waals surface area contributed by atoms with Crippen LogP contribution in [0.5, 0.6) is 0 Å². The van der Waals surface area contributed by atoms with Gasteiger partial charge in [0.15, 0.2) is 5.82 Å². The molecule has 52 heavy (non-hydrogen) atoms. The van der Waals surface area contributed by atoms with Crippen molar-refractivity contribution in [1.82, 2.24) is 20.1 Å². The van der Waals surface area contributed by atoms with Crippen LogP contribution in [0.2, 0.25) is 5.02 Å². The van der Waals surface area contributed by atoms with Gasteiger partial charge in [-0.25, -0.2) is 23.5 Å². The summed E-state index contributed by atoms with van der Waals surface area (Å²) in [6, 6.07) is 12.4. The first kappa shape index (κ1) is 39.1. The minimum absolute atomic E-state index is 0.0499. The highest BCUT2D eigenvalue weighted by atomic mass is 35.5. The Morgan fingerprint density at radius 3 is 2.52 bits per heavy atom. The molecule has 0 radical (unpaired) electrons. The predicted octanol–water partition coefficient (Wildman–Crippen LogP) is 6.93. The summed E-state index contributed by atoms with van der Waals surface area (Å²) in [5.74, 6) is -4.19. The van der Waals surface area contributed by atoms with Gasteiger partial charge in [-0.1, -0.05) is 36.6 Å². The number of hydrogen-bond acceptors (Lipinski definition) is 9. The van der Waals surface area contributed by atoms with E-state index in [1.165, 1.54) is 36.3 Å². The molecule has 0 spiro atoms. The largest absolute Gasteiger partial charge is 0.490 e. The average molecular weight is 749 g/mol. The van der Waals surface area contributed by atoms with Crippen LogP contribution in [0.3, 0.4) is 0 Å². The lowest BCUT2D eigenvalue weighted by atomic mass is 9.96. The molecule has 0 unspecified atom stereocenters. The summed E-state index contributed by atoms with van der Waals surface area (Å²) >= 11 is 5.92. The number of halogens is 5. The van der Waals surface area contributed by atoms with Gasteiger partial charge >= 0.3 is 24.2 Å². The molecule has 0 saturated heterocycles. The Morgan fingerprint density at radius 1 is 1.10 bits per heavy atom. The maximum atomic E-state index is 14.6. The average Bonchev–Trinajstić information content (AvgIpc) is 3.60. The molecule has 4 aromatic rings. The van der Waals surface area contributed by atoms with Gasteiger partial charge in [-0.15, -0.1) is 0 Å². The van der Waals surface area contributed by atoms with Crippen molar-refractivity contribution in [3.63, 3.8) is 0 Å². The summed E-state index contributed by atoms with van der Waals surface area (Å²) in [7, 11) is 1.27. The van der Waals surface area contributed by atoms with Crippen LogP contribution in [-0.2, 0) is 19.1 Å². The molecule has 13 nitrogen and oxygen atoms in total. The SMILES string of the molecule is CCOC(=O)[C@H]1CCCC[C@H](NC(=O)c2cnn(-c3cccc(Cl)c3F)c2)c2cc(ccn2)-c2ccc(NC(=O)OC)cc2N1.O=C(O)C(F)(F)F. The molecule has 0 saturated carbocycles. The molecule has 2 bridgehead atoms. The number of aromatic nitrogens is 3. The van der Waals surface area contributed by atoms with Gasteiger partial charge in [0.2, 0.25) is 0 Å². The second-order valence-corrected chi connectivity index (χ2v) is 11.6. The number of alkyl halides is 3. The lowest BCUT2D eigenvalue weighted by molar-refractivity contribution is -0.192. The number of pyridine rings is 1. The van der Waals surface area contributed by atoms with Crippen LogP contribution < -0.4 is 16.0 Å². The maximum Gasteiger partial charge on any atom is 0.490 e. The predicted molar refractivity (Wildman–Crippen MR) is 181 cm³/mol. The molecule has 2 atom stereocenters. The van der Waals surface area contributed by atoms with Gasteiger partial charge in [-0.3, -0.25) is 15.1 Å². The number of methoxy groups -OCH3 is 1. The summed E-state index contributed by atoms with van der Waals surface area (Å²) in [5.41, 5.74) is 3.59. The number of esters is 1. The Kier molecular flexibility index (Phi) is 13.1. The number of benzene rings is 2. The quantitative estimate of drug-likeness (QED) is 0.120. The zero-order valence-electron chi connectivity index (χ0n) is 27.7. The molecule has 1 aliphatic rings. The van der Waals surface area contributed by atoms with E-state index in [9.17, 15) is 31.9 Å². The summed E-state index contributed by atoms with van der Waals surface area (Å²) in [6.07, 6.45) is 1.07. The number of nitrogens with zero attached hydrogens (tertiary/aromatic N) is 3. The minimum atomic E-state index is -5.08. The van der Waals surface area contributed by atoms with E-state index in [1.807, 2.05) is 18.2 Å². The van der Waals surface area contributed by atoms with E-state index in [2.05, 4.69) is 26.0 Å². The van der Waals surface area contributed by atoms with Crippen LogP contribution in [0.1, 0.15) is 54.7 Å². The Bertz CT molecular complexity index is 1920. The van der Waals surface area contributed by atoms with Crippen molar-refractivity contribution in [3.05, 3.63) is 89.2 Å². The zero-order chi connectivity index (χ0) is 38.0. The van der Waals surface area contributed by atoms with Gasteiger partial charge in [-0.2, -0.15) is 18.3 Å².